The standard InChI is InChI=1S/C13H20F2N2O2S/c1-3-7-16-9-10-11(14)5-6-12(13(10)15)20(18,19)17-8-4-2/h5-6,16-17H,3-4,7-9H2,1-2H3. The van der Waals surface area contributed by atoms with Crippen LogP contribution in [0.4, 0.5) is 8.78 Å². The fraction of sp³-hybridized carbons (Fsp3) is 0.538. The number of halogens is 2. The second-order valence-corrected chi connectivity index (χ2v) is 6.15. The summed E-state index contributed by atoms with van der Waals surface area (Å²) < 4.78 is 53.9. The van der Waals surface area contributed by atoms with E-state index < -0.39 is 26.6 Å². The Kier molecular flexibility index (Phi) is 6.51. The Labute approximate surface area is 118 Å². The third-order valence-electron chi connectivity index (χ3n) is 2.71. The molecule has 0 aromatic heterocycles. The van der Waals surface area contributed by atoms with Crippen LogP contribution >= 0.6 is 0 Å². The van der Waals surface area contributed by atoms with Crippen molar-refractivity contribution in [3.05, 3.63) is 29.3 Å². The number of nitrogens with one attached hydrogen (secondary N) is 2. The predicted octanol–water partition coefficient (Wildman–Crippen LogP) is 2.15. The van der Waals surface area contributed by atoms with E-state index in [0.29, 0.717) is 13.0 Å². The van der Waals surface area contributed by atoms with Gasteiger partial charge in [-0.05, 0) is 31.5 Å². The van der Waals surface area contributed by atoms with Gasteiger partial charge < -0.3 is 5.32 Å². The first kappa shape index (κ1) is 17.0. The molecule has 1 aromatic rings. The third kappa shape index (κ3) is 4.22. The number of hydrogen-bond acceptors (Lipinski definition) is 3. The van der Waals surface area contributed by atoms with Crippen molar-refractivity contribution in [3.8, 4) is 0 Å². The fourth-order valence-corrected chi connectivity index (χ4v) is 2.88. The zero-order valence-electron chi connectivity index (χ0n) is 11.7. The molecule has 0 heterocycles. The van der Waals surface area contributed by atoms with Crippen LogP contribution in [0.3, 0.4) is 0 Å². The zero-order chi connectivity index (χ0) is 15.2. The fourth-order valence-electron chi connectivity index (χ4n) is 1.65. The Morgan fingerprint density at radius 2 is 1.75 bits per heavy atom. The molecule has 0 amide bonds. The van der Waals surface area contributed by atoms with Crippen LogP contribution < -0.4 is 10.0 Å². The highest BCUT2D eigenvalue weighted by Crippen LogP contribution is 2.21. The van der Waals surface area contributed by atoms with Crippen molar-refractivity contribution < 1.29 is 17.2 Å². The average molecular weight is 306 g/mol. The molecule has 0 fully saturated rings. The molecule has 0 radical (unpaired) electrons. The Balaban J connectivity index is 3.07. The van der Waals surface area contributed by atoms with Crippen LogP contribution in [0.2, 0.25) is 0 Å². The molecule has 0 aliphatic rings. The van der Waals surface area contributed by atoms with Gasteiger partial charge in [0, 0.05) is 18.7 Å². The number of rotatable bonds is 8. The summed E-state index contributed by atoms with van der Waals surface area (Å²) in [6.07, 6.45) is 1.41. The average Bonchev–Trinajstić information content (AvgIpc) is 2.40. The Morgan fingerprint density at radius 3 is 2.35 bits per heavy atom. The maximum absolute atomic E-state index is 14.2. The lowest BCUT2D eigenvalue weighted by Gasteiger charge is -2.11. The molecular weight excluding hydrogens is 286 g/mol. The smallest absolute Gasteiger partial charge is 0.243 e. The second-order valence-electron chi connectivity index (χ2n) is 4.41. The zero-order valence-corrected chi connectivity index (χ0v) is 12.5. The van der Waals surface area contributed by atoms with E-state index in [-0.39, 0.29) is 18.7 Å². The van der Waals surface area contributed by atoms with Crippen LogP contribution in [0.15, 0.2) is 17.0 Å². The van der Waals surface area contributed by atoms with Gasteiger partial charge in [-0.1, -0.05) is 13.8 Å². The summed E-state index contributed by atoms with van der Waals surface area (Å²) in [6.45, 7) is 4.49. The van der Waals surface area contributed by atoms with Crippen molar-refractivity contribution in [3.63, 3.8) is 0 Å². The molecule has 0 aliphatic carbocycles. The Hall–Kier alpha value is -1.05. The van der Waals surface area contributed by atoms with Gasteiger partial charge in [0.15, 0.2) is 5.82 Å². The van der Waals surface area contributed by atoms with Gasteiger partial charge in [-0.3, -0.25) is 0 Å². The molecule has 2 N–H and O–H groups in total. The minimum absolute atomic E-state index is 0.0390. The summed E-state index contributed by atoms with van der Waals surface area (Å²) in [5.41, 5.74) is -0.252. The molecule has 0 saturated heterocycles. The Bertz CT molecular complexity index is 548. The molecule has 0 atom stereocenters. The first-order valence-corrected chi connectivity index (χ1v) is 8.09. The van der Waals surface area contributed by atoms with Crippen LogP contribution in [0.25, 0.3) is 0 Å². The molecule has 1 aromatic carbocycles. The monoisotopic (exact) mass is 306 g/mol. The highest BCUT2D eigenvalue weighted by atomic mass is 32.2. The summed E-state index contributed by atoms with van der Waals surface area (Å²) in [5.74, 6) is -1.78. The van der Waals surface area contributed by atoms with Gasteiger partial charge in [0.05, 0.1) is 0 Å². The minimum Gasteiger partial charge on any atom is -0.312 e. The summed E-state index contributed by atoms with van der Waals surface area (Å²) >= 11 is 0. The Morgan fingerprint density at radius 1 is 1.10 bits per heavy atom. The van der Waals surface area contributed by atoms with Crippen LogP contribution in [0, 0.1) is 11.6 Å². The van der Waals surface area contributed by atoms with Gasteiger partial charge >= 0.3 is 0 Å². The van der Waals surface area contributed by atoms with Crippen molar-refractivity contribution in [1.82, 2.24) is 10.0 Å². The van der Waals surface area contributed by atoms with E-state index in [2.05, 4.69) is 10.0 Å². The highest BCUT2D eigenvalue weighted by molar-refractivity contribution is 7.89. The van der Waals surface area contributed by atoms with Gasteiger partial charge in [0.2, 0.25) is 10.0 Å². The lowest BCUT2D eigenvalue weighted by molar-refractivity contribution is 0.511. The van der Waals surface area contributed by atoms with E-state index in [0.717, 1.165) is 18.6 Å². The molecule has 0 bridgehead atoms. The molecule has 114 valence electrons. The summed E-state index contributed by atoms with van der Waals surface area (Å²) in [6, 6.07) is 1.93. The number of benzene rings is 1. The molecule has 0 spiro atoms. The summed E-state index contributed by atoms with van der Waals surface area (Å²) in [7, 11) is -3.94. The van der Waals surface area contributed by atoms with E-state index in [9.17, 15) is 17.2 Å². The molecule has 0 unspecified atom stereocenters. The highest BCUT2D eigenvalue weighted by Gasteiger charge is 2.22. The third-order valence-corrected chi connectivity index (χ3v) is 4.19. The van der Waals surface area contributed by atoms with Crippen molar-refractivity contribution in [2.75, 3.05) is 13.1 Å². The van der Waals surface area contributed by atoms with Crippen LogP contribution in [-0.2, 0) is 16.6 Å². The second kappa shape index (κ2) is 7.66. The van der Waals surface area contributed by atoms with E-state index in [4.69, 9.17) is 0 Å². The number of hydrogen-bond donors (Lipinski definition) is 2. The minimum atomic E-state index is -3.94. The maximum atomic E-state index is 14.2. The van der Waals surface area contributed by atoms with Crippen molar-refractivity contribution >= 4 is 10.0 Å². The van der Waals surface area contributed by atoms with Crippen molar-refractivity contribution in [2.24, 2.45) is 0 Å². The van der Waals surface area contributed by atoms with Crippen LogP contribution in [0.5, 0.6) is 0 Å². The largest absolute Gasteiger partial charge is 0.312 e. The summed E-state index contributed by atoms with van der Waals surface area (Å²) in [5, 5.41) is 2.86. The van der Waals surface area contributed by atoms with Gasteiger partial charge in [0.1, 0.15) is 10.7 Å². The van der Waals surface area contributed by atoms with E-state index >= 15 is 0 Å². The van der Waals surface area contributed by atoms with Crippen molar-refractivity contribution in [2.45, 2.75) is 38.1 Å². The molecular formula is C13H20F2N2O2S. The first-order valence-electron chi connectivity index (χ1n) is 6.61. The lowest BCUT2D eigenvalue weighted by Crippen LogP contribution is -2.26. The predicted molar refractivity (Wildman–Crippen MR) is 73.8 cm³/mol. The lowest BCUT2D eigenvalue weighted by atomic mass is 10.2. The van der Waals surface area contributed by atoms with Gasteiger partial charge in [-0.25, -0.2) is 21.9 Å². The maximum Gasteiger partial charge on any atom is 0.243 e. The first-order chi connectivity index (χ1) is 9.44. The SMILES string of the molecule is CCCNCc1c(F)ccc(S(=O)(=O)NCCC)c1F. The molecule has 20 heavy (non-hydrogen) atoms. The molecule has 0 aliphatic heterocycles. The van der Waals surface area contributed by atoms with Gasteiger partial charge in [0.25, 0.3) is 0 Å². The van der Waals surface area contributed by atoms with Crippen molar-refractivity contribution in [1.29, 1.82) is 0 Å². The van der Waals surface area contributed by atoms with Gasteiger partial charge in [-0.15, -0.1) is 0 Å². The molecule has 0 saturated carbocycles. The van der Waals surface area contributed by atoms with Gasteiger partial charge in [-0.2, -0.15) is 0 Å². The molecule has 1 rings (SSSR count). The van der Waals surface area contributed by atoms with Crippen LogP contribution in [0.1, 0.15) is 32.3 Å². The quantitative estimate of drug-likeness (QED) is 0.724. The normalized spacial score (nSPS) is 11.8. The van der Waals surface area contributed by atoms with E-state index in [1.54, 1.807) is 6.92 Å². The van der Waals surface area contributed by atoms with E-state index in [1.165, 1.54) is 0 Å². The number of sulfonamides is 1. The summed E-state index contributed by atoms with van der Waals surface area (Å²) in [4.78, 5) is -0.513. The topological polar surface area (TPSA) is 58.2 Å². The van der Waals surface area contributed by atoms with Crippen LogP contribution in [-0.4, -0.2) is 21.5 Å². The van der Waals surface area contributed by atoms with E-state index in [1.807, 2.05) is 6.92 Å². The molecule has 7 heteroatoms. The molecule has 4 nitrogen and oxygen atoms in total.